The van der Waals surface area contributed by atoms with Gasteiger partial charge < -0.3 is 14.8 Å². The molecular weight excluding hydrogens is 310 g/mol. The van der Waals surface area contributed by atoms with Gasteiger partial charge >= 0.3 is 5.97 Å². The second-order valence-electron chi connectivity index (χ2n) is 4.34. The average molecular weight is 324 g/mol. The summed E-state index contributed by atoms with van der Waals surface area (Å²) in [5.41, 5.74) is 2.10. The number of rotatable bonds is 4. The average Bonchev–Trinajstić information content (AvgIpc) is 2.83. The van der Waals surface area contributed by atoms with Crippen LogP contribution in [0, 0.1) is 6.92 Å². The maximum Gasteiger partial charge on any atom is 0.371 e. The molecular formula is C14H14BrNO3. The molecule has 1 unspecified atom stereocenters. The molecule has 0 aliphatic carbocycles. The van der Waals surface area contributed by atoms with Gasteiger partial charge in [-0.3, -0.25) is 0 Å². The van der Waals surface area contributed by atoms with Crippen LogP contribution in [0.25, 0.3) is 0 Å². The summed E-state index contributed by atoms with van der Waals surface area (Å²) in [5, 5.41) is 12.1. The van der Waals surface area contributed by atoms with Crippen molar-refractivity contribution in [2.24, 2.45) is 0 Å². The molecule has 0 saturated heterocycles. The van der Waals surface area contributed by atoms with Crippen molar-refractivity contribution in [2.45, 2.75) is 19.9 Å². The number of aromatic carboxylic acids is 1. The Bertz CT molecular complexity index is 606. The molecule has 0 radical (unpaired) electrons. The largest absolute Gasteiger partial charge is 0.475 e. The Hall–Kier alpha value is -1.75. The lowest BCUT2D eigenvalue weighted by atomic mass is 10.2. The molecule has 0 fully saturated rings. The number of nitrogens with one attached hydrogen (secondary N) is 1. The van der Waals surface area contributed by atoms with Crippen LogP contribution in [0.2, 0.25) is 0 Å². The molecule has 2 N–H and O–H groups in total. The van der Waals surface area contributed by atoms with Gasteiger partial charge in [-0.15, -0.1) is 0 Å². The van der Waals surface area contributed by atoms with Crippen LogP contribution in [-0.4, -0.2) is 11.1 Å². The van der Waals surface area contributed by atoms with Crippen molar-refractivity contribution in [2.75, 3.05) is 5.32 Å². The summed E-state index contributed by atoms with van der Waals surface area (Å²) < 4.78 is 6.28. The van der Waals surface area contributed by atoms with E-state index >= 15 is 0 Å². The van der Waals surface area contributed by atoms with E-state index in [1.807, 2.05) is 32.0 Å². The third-order valence-electron chi connectivity index (χ3n) is 2.82. The molecule has 19 heavy (non-hydrogen) atoms. The molecule has 1 aromatic carbocycles. The van der Waals surface area contributed by atoms with E-state index in [-0.39, 0.29) is 11.8 Å². The van der Waals surface area contributed by atoms with E-state index in [1.54, 1.807) is 6.07 Å². The Kier molecular flexibility index (Phi) is 3.95. The molecule has 2 rings (SSSR count). The molecule has 1 heterocycles. The number of carboxylic acids is 1. The number of furan rings is 1. The smallest absolute Gasteiger partial charge is 0.371 e. The number of benzene rings is 1. The van der Waals surface area contributed by atoms with Crippen molar-refractivity contribution in [3.05, 3.63) is 51.9 Å². The van der Waals surface area contributed by atoms with Crippen molar-refractivity contribution in [1.82, 2.24) is 0 Å². The Morgan fingerprint density at radius 3 is 2.68 bits per heavy atom. The van der Waals surface area contributed by atoms with Crippen LogP contribution >= 0.6 is 15.9 Å². The second-order valence-corrected chi connectivity index (χ2v) is 5.19. The van der Waals surface area contributed by atoms with Crippen LogP contribution < -0.4 is 5.32 Å². The standard InChI is InChI=1S/C14H14BrNO3/c1-8-3-4-10(7-11(8)15)16-9(2)12-5-6-13(19-12)14(17)18/h3-7,9,16H,1-2H3,(H,17,18). The van der Waals surface area contributed by atoms with Gasteiger partial charge in [-0.1, -0.05) is 22.0 Å². The predicted molar refractivity (Wildman–Crippen MR) is 76.6 cm³/mol. The zero-order valence-corrected chi connectivity index (χ0v) is 12.2. The van der Waals surface area contributed by atoms with Gasteiger partial charge in [-0.25, -0.2) is 4.79 Å². The minimum Gasteiger partial charge on any atom is -0.475 e. The van der Waals surface area contributed by atoms with E-state index in [0.717, 1.165) is 15.7 Å². The van der Waals surface area contributed by atoms with E-state index in [1.165, 1.54) is 6.07 Å². The molecule has 0 aliphatic rings. The lowest BCUT2D eigenvalue weighted by molar-refractivity contribution is 0.0660. The number of hydrogen-bond acceptors (Lipinski definition) is 3. The van der Waals surface area contributed by atoms with E-state index in [0.29, 0.717) is 5.76 Å². The highest BCUT2D eigenvalue weighted by atomic mass is 79.9. The SMILES string of the molecule is Cc1ccc(NC(C)c2ccc(C(=O)O)o2)cc1Br. The molecule has 0 bridgehead atoms. The van der Waals surface area contributed by atoms with Crippen molar-refractivity contribution < 1.29 is 14.3 Å². The highest BCUT2D eigenvalue weighted by Crippen LogP contribution is 2.25. The molecule has 0 aliphatic heterocycles. The van der Waals surface area contributed by atoms with Crippen LogP contribution in [-0.2, 0) is 0 Å². The van der Waals surface area contributed by atoms with Crippen LogP contribution in [0.3, 0.4) is 0 Å². The summed E-state index contributed by atoms with van der Waals surface area (Å²) in [6.07, 6.45) is 0. The fourth-order valence-corrected chi connectivity index (χ4v) is 2.08. The fourth-order valence-electron chi connectivity index (χ4n) is 1.70. The van der Waals surface area contributed by atoms with Crippen molar-refractivity contribution in [3.63, 3.8) is 0 Å². The summed E-state index contributed by atoms with van der Waals surface area (Å²) in [7, 11) is 0. The van der Waals surface area contributed by atoms with Gasteiger partial charge in [0, 0.05) is 10.2 Å². The van der Waals surface area contributed by atoms with Gasteiger partial charge in [0.05, 0.1) is 6.04 Å². The van der Waals surface area contributed by atoms with Crippen molar-refractivity contribution >= 4 is 27.6 Å². The minimum absolute atomic E-state index is 0.0475. The number of anilines is 1. The molecule has 1 aromatic heterocycles. The van der Waals surface area contributed by atoms with E-state index < -0.39 is 5.97 Å². The van der Waals surface area contributed by atoms with Gasteiger partial charge in [-0.2, -0.15) is 0 Å². The predicted octanol–water partition coefficient (Wildman–Crippen LogP) is 4.22. The summed E-state index contributed by atoms with van der Waals surface area (Å²) in [4.78, 5) is 10.8. The first-order valence-electron chi connectivity index (χ1n) is 5.83. The Balaban J connectivity index is 2.13. The number of carboxylic acid groups (broad SMARTS) is 1. The van der Waals surface area contributed by atoms with Gasteiger partial charge in [0.25, 0.3) is 0 Å². The first kappa shape index (κ1) is 13.7. The zero-order valence-electron chi connectivity index (χ0n) is 10.6. The zero-order chi connectivity index (χ0) is 14.0. The topological polar surface area (TPSA) is 62.5 Å². The maximum absolute atomic E-state index is 10.8. The normalized spacial score (nSPS) is 12.2. The summed E-state index contributed by atoms with van der Waals surface area (Å²) >= 11 is 3.47. The Morgan fingerprint density at radius 2 is 2.11 bits per heavy atom. The molecule has 4 nitrogen and oxygen atoms in total. The monoisotopic (exact) mass is 323 g/mol. The van der Waals surface area contributed by atoms with Crippen LogP contribution in [0.4, 0.5) is 5.69 Å². The molecule has 0 saturated carbocycles. The number of halogens is 1. The molecule has 1 atom stereocenters. The number of hydrogen-bond donors (Lipinski definition) is 2. The van der Waals surface area contributed by atoms with E-state index in [4.69, 9.17) is 9.52 Å². The summed E-state index contributed by atoms with van der Waals surface area (Å²) in [5.74, 6) is -0.514. The third-order valence-corrected chi connectivity index (χ3v) is 3.67. The van der Waals surface area contributed by atoms with E-state index in [9.17, 15) is 4.79 Å². The molecule has 100 valence electrons. The highest BCUT2D eigenvalue weighted by Gasteiger charge is 2.14. The molecule has 0 amide bonds. The second kappa shape index (κ2) is 5.48. The maximum atomic E-state index is 10.8. The first-order valence-corrected chi connectivity index (χ1v) is 6.62. The van der Waals surface area contributed by atoms with Crippen molar-refractivity contribution in [3.8, 4) is 0 Å². The summed E-state index contributed by atoms with van der Waals surface area (Å²) in [6, 6.07) is 8.97. The van der Waals surface area contributed by atoms with Gasteiger partial charge in [0.1, 0.15) is 5.76 Å². The van der Waals surface area contributed by atoms with Gasteiger partial charge in [0.15, 0.2) is 0 Å². The third kappa shape index (κ3) is 3.17. The van der Waals surface area contributed by atoms with Crippen LogP contribution in [0.15, 0.2) is 39.2 Å². The van der Waals surface area contributed by atoms with Crippen molar-refractivity contribution in [1.29, 1.82) is 0 Å². The molecule has 5 heteroatoms. The summed E-state index contributed by atoms with van der Waals surface area (Å²) in [6.45, 7) is 3.93. The number of aryl methyl sites for hydroxylation is 1. The van der Waals surface area contributed by atoms with Gasteiger partial charge in [-0.05, 0) is 43.7 Å². The lowest BCUT2D eigenvalue weighted by Crippen LogP contribution is -2.05. The number of carbonyl (C=O) groups is 1. The van der Waals surface area contributed by atoms with Crippen LogP contribution in [0.5, 0.6) is 0 Å². The lowest BCUT2D eigenvalue weighted by Gasteiger charge is -2.13. The first-order chi connectivity index (χ1) is 8.97. The van der Waals surface area contributed by atoms with Gasteiger partial charge in [0.2, 0.25) is 5.76 Å². The van der Waals surface area contributed by atoms with Crippen LogP contribution in [0.1, 0.15) is 34.8 Å². The Morgan fingerprint density at radius 1 is 1.37 bits per heavy atom. The van der Waals surface area contributed by atoms with E-state index in [2.05, 4.69) is 21.2 Å². The minimum atomic E-state index is -1.06. The highest BCUT2D eigenvalue weighted by molar-refractivity contribution is 9.10. The molecule has 0 spiro atoms. The Labute approximate surface area is 119 Å². The molecule has 2 aromatic rings. The fraction of sp³-hybridized carbons (Fsp3) is 0.214. The quantitative estimate of drug-likeness (QED) is 0.884.